The Hall–Kier alpha value is -3.67. The number of amides is 4. The molecule has 0 bridgehead atoms. The lowest BCUT2D eigenvalue weighted by molar-refractivity contribution is -0.127. The maximum absolute atomic E-state index is 13.2. The number of nitrogens with zero attached hydrogens (tertiary/aromatic N) is 2. The summed E-state index contributed by atoms with van der Waals surface area (Å²) in [4.78, 5) is 40.3. The van der Waals surface area contributed by atoms with Crippen LogP contribution in [0.3, 0.4) is 0 Å². The van der Waals surface area contributed by atoms with E-state index in [1.54, 1.807) is 41.3 Å². The first-order valence-electron chi connectivity index (χ1n) is 10.8. The number of anilines is 1. The number of likely N-dealkylation sites (tertiary alicyclic amines) is 1. The molecular weight excluding hydrogens is 420 g/mol. The zero-order chi connectivity index (χ0) is 23.8. The molecular formula is C25H27N4O4+. The number of aryl methyl sites for hydroxylation is 1. The molecule has 1 unspecified atom stereocenters. The summed E-state index contributed by atoms with van der Waals surface area (Å²) in [7, 11) is 0. The van der Waals surface area contributed by atoms with Crippen molar-refractivity contribution in [3.63, 3.8) is 0 Å². The number of urea groups is 1. The van der Waals surface area contributed by atoms with Gasteiger partial charge in [0.25, 0.3) is 11.8 Å². The summed E-state index contributed by atoms with van der Waals surface area (Å²) >= 11 is 0. The molecule has 0 radical (unpaired) electrons. The molecule has 2 aromatic carbocycles. The van der Waals surface area contributed by atoms with Crippen LogP contribution in [0.2, 0.25) is 0 Å². The van der Waals surface area contributed by atoms with E-state index < -0.39 is 22.0 Å². The second kappa shape index (κ2) is 8.35. The Kier molecular flexibility index (Phi) is 5.70. The minimum atomic E-state index is -1.39. The van der Waals surface area contributed by atoms with E-state index in [2.05, 4.69) is 5.92 Å². The summed E-state index contributed by atoms with van der Waals surface area (Å²) in [5, 5.41) is 0. The third-order valence-electron chi connectivity index (χ3n) is 6.89. The predicted octanol–water partition coefficient (Wildman–Crippen LogP) is 1.90. The number of primary amides is 2. The second-order valence-electron chi connectivity index (χ2n) is 8.49. The predicted molar refractivity (Wildman–Crippen MR) is 125 cm³/mol. The van der Waals surface area contributed by atoms with Crippen molar-refractivity contribution in [1.29, 1.82) is 0 Å². The van der Waals surface area contributed by atoms with E-state index in [-0.39, 0.29) is 12.5 Å². The highest BCUT2D eigenvalue weighted by Gasteiger charge is 2.65. The van der Waals surface area contributed by atoms with Gasteiger partial charge in [0, 0.05) is 48.3 Å². The monoisotopic (exact) mass is 447 g/mol. The molecule has 2 heterocycles. The van der Waals surface area contributed by atoms with Crippen LogP contribution in [0.1, 0.15) is 29.5 Å². The van der Waals surface area contributed by atoms with Gasteiger partial charge in [-0.15, -0.1) is 6.42 Å². The molecule has 4 N–H and O–H groups in total. The van der Waals surface area contributed by atoms with Gasteiger partial charge < -0.3 is 21.1 Å². The number of benzene rings is 2. The molecule has 8 heteroatoms. The summed E-state index contributed by atoms with van der Waals surface area (Å²) < 4.78 is 4.81. The number of quaternary nitrogens is 1. The molecule has 33 heavy (non-hydrogen) atoms. The van der Waals surface area contributed by atoms with E-state index in [1.165, 1.54) is 0 Å². The summed E-state index contributed by atoms with van der Waals surface area (Å²) in [6.07, 6.45) is 6.42. The lowest BCUT2D eigenvalue weighted by atomic mass is 9.82. The number of hydrogen-bond acceptors (Lipinski definition) is 4. The molecule has 8 nitrogen and oxygen atoms in total. The molecule has 4 rings (SSSR count). The lowest BCUT2D eigenvalue weighted by Gasteiger charge is -2.43. The van der Waals surface area contributed by atoms with Gasteiger partial charge >= 0.3 is 6.03 Å². The van der Waals surface area contributed by atoms with Crippen molar-refractivity contribution >= 4 is 29.2 Å². The minimum absolute atomic E-state index is 0.0295. The molecule has 170 valence electrons. The SMILES string of the molecule is C#Cc1ccc([N+]2(C(N)=O)CCC[C@]2(C(N)=O)c2ccc(N3CCOCC3=O)c(C)c2)cc1. The highest BCUT2D eigenvalue weighted by Crippen LogP contribution is 2.49. The number of morpholine rings is 1. The Labute approximate surface area is 192 Å². The summed E-state index contributed by atoms with van der Waals surface area (Å²) in [6, 6.07) is 11.7. The van der Waals surface area contributed by atoms with Crippen LogP contribution in [0.15, 0.2) is 42.5 Å². The molecule has 2 saturated heterocycles. The van der Waals surface area contributed by atoms with Crippen LogP contribution in [0.4, 0.5) is 16.2 Å². The first kappa shape index (κ1) is 22.5. The molecule has 2 aromatic rings. The van der Waals surface area contributed by atoms with Gasteiger partial charge in [-0.1, -0.05) is 12.0 Å². The van der Waals surface area contributed by atoms with Crippen molar-refractivity contribution in [2.24, 2.45) is 11.5 Å². The van der Waals surface area contributed by atoms with Crippen molar-refractivity contribution in [3.8, 4) is 12.3 Å². The van der Waals surface area contributed by atoms with Crippen molar-refractivity contribution < 1.29 is 19.1 Å². The van der Waals surface area contributed by atoms with Crippen LogP contribution >= 0.6 is 0 Å². The van der Waals surface area contributed by atoms with Crippen molar-refractivity contribution in [1.82, 2.24) is 4.48 Å². The fraction of sp³-hybridized carbons (Fsp3) is 0.320. The maximum atomic E-state index is 13.2. The lowest BCUT2D eigenvalue weighted by Crippen LogP contribution is -2.70. The summed E-state index contributed by atoms with van der Waals surface area (Å²) in [5.41, 5.74) is 14.0. The molecule has 0 spiro atoms. The topological polar surface area (TPSA) is 116 Å². The molecule has 2 aliphatic rings. The molecule has 4 amide bonds. The Morgan fingerprint density at radius 2 is 1.91 bits per heavy atom. The van der Waals surface area contributed by atoms with Gasteiger partial charge in [-0.05, 0) is 36.8 Å². The van der Waals surface area contributed by atoms with Gasteiger partial charge in [-0.25, -0.2) is 4.79 Å². The van der Waals surface area contributed by atoms with Gasteiger partial charge in [0.2, 0.25) is 5.54 Å². The third-order valence-corrected chi connectivity index (χ3v) is 6.89. The number of rotatable bonds is 4. The van der Waals surface area contributed by atoms with Crippen molar-refractivity contribution in [2.45, 2.75) is 25.3 Å². The van der Waals surface area contributed by atoms with Crippen LogP contribution in [0, 0.1) is 19.3 Å². The number of nitrogens with two attached hydrogens (primary N) is 2. The molecule has 0 aromatic heterocycles. The number of carbonyl (C=O) groups excluding carboxylic acids is 3. The van der Waals surface area contributed by atoms with E-state index in [4.69, 9.17) is 22.6 Å². The van der Waals surface area contributed by atoms with Gasteiger partial charge in [-0.2, -0.15) is 4.48 Å². The van der Waals surface area contributed by atoms with Crippen molar-refractivity contribution in [2.75, 3.05) is 31.2 Å². The molecule has 0 aliphatic carbocycles. The molecule has 0 saturated carbocycles. The van der Waals surface area contributed by atoms with Gasteiger partial charge in [0.15, 0.2) is 0 Å². The fourth-order valence-corrected chi connectivity index (χ4v) is 5.35. The molecule has 2 fully saturated rings. The van der Waals surface area contributed by atoms with E-state index in [0.717, 1.165) is 11.3 Å². The Balaban J connectivity index is 1.88. The fourth-order valence-electron chi connectivity index (χ4n) is 5.35. The second-order valence-corrected chi connectivity index (χ2v) is 8.49. The van der Waals surface area contributed by atoms with Gasteiger partial charge in [0.1, 0.15) is 12.3 Å². The highest BCUT2D eigenvalue weighted by atomic mass is 16.5. The zero-order valence-corrected chi connectivity index (χ0v) is 18.5. The first-order valence-corrected chi connectivity index (χ1v) is 10.8. The molecule has 2 aliphatic heterocycles. The number of hydrogen-bond donors (Lipinski definition) is 2. The Morgan fingerprint density at radius 3 is 2.48 bits per heavy atom. The first-order chi connectivity index (χ1) is 15.8. The third kappa shape index (κ3) is 3.28. The largest absolute Gasteiger partial charge is 0.420 e. The normalized spacial score (nSPS) is 25.0. The van der Waals surface area contributed by atoms with Crippen LogP contribution in [0.5, 0.6) is 0 Å². The van der Waals surface area contributed by atoms with Crippen molar-refractivity contribution in [3.05, 3.63) is 59.2 Å². The van der Waals surface area contributed by atoms with Gasteiger partial charge in [0.05, 0.1) is 13.2 Å². The molecule has 2 atom stereocenters. The van der Waals surface area contributed by atoms with Crippen LogP contribution < -0.4 is 20.9 Å². The summed E-state index contributed by atoms with van der Waals surface area (Å²) in [6.45, 7) is 3.13. The van der Waals surface area contributed by atoms with Gasteiger partial charge in [-0.3, -0.25) is 9.59 Å². The van der Waals surface area contributed by atoms with E-state index in [0.29, 0.717) is 49.4 Å². The average Bonchev–Trinajstić information content (AvgIpc) is 3.22. The van der Waals surface area contributed by atoms with E-state index in [9.17, 15) is 14.4 Å². The number of terminal acetylenes is 1. The van der Waals surface area contributed by atoms with Crippen LogP contribution in [-0.2, 0) is 19.9 Å². The number of carbonyl (C=O) groups is 3. The van der Waals surface area contributed by atoms with Crippen LogP contribution in [0.25, 0.3) is 0 Å². The zero-order valence-electron chi connectivity index (χ0n) is 18.5. The average molecular weight is 448 g/mol. The quantitative estimate of drug-likeness (QED) is 0.550. The highest BCUT2D eigenvalue weighted by molar-refractivity contribution is 6.00. The van der Waals surface area contributed by atoms with E-state index >= 15 is 0 Å². The standard InChI is InChI=1S/C25H26N4O4/c1-3-18-5-8-20(9-6-18)29(24(27)32)13-4-11-25(29,23(26)31)19-7-10-21(17(2)15-19)28-12-14-33-16-22(28)30/h1,5-10,15H,4,11-14,16H2,2H3,(H3-,26,27,31,32)/p+1/t25-,29?/m1/s1. The Bertz CT molecular complexity index is 1170. The smallest absolute Gasteiger partial charge is 0.370 e. The minimum Gasteiger partial charge on any atom is -0.370 e. The van der Waals surface area contributed by atoms with E-state index in [1.807, 2.05) is 13.0 Å². The van der Waals surface area contributed by atoms with Crippen LogP contribution in [-0.4, -0.2) is 44.1 Å². The number of ether oxygens (including phenoxy) is 1. The maximum Gasteiger partial charge on any atom is 0.420 e. The summed E-state index contributed by atoms with van der Waals surface area (Å²) in [5.74, 6) is 1.80. The Morgan fingerprint density at radius 1 is 1.18 bits per heavy atom.